The molecule has 190 valence electrons. The Labute approximate surface area is 206 Å². The lowest BCUT2D eigenvalue weighted by atomic mass is 9.85. The summed E-state index contributed by atoms with van der Waals surface area (Å²) in [6.07, 6.45) is 1.36. The summed E-state index contributed by atoms with van der Waals surface area (Å²) in [6, 6.07) is 9.61. The number of aryl methyl sites for hydroxylation is 1. The molecule has 2 aromatic heterocycles. The number of nitrogens with zero attached hydrogens (tertiary/aromatic N) is 6. The summed E-state index contributed by atoms with van der Waals surface area (Å²) in [4.78, 5) is 19.0. The minimum absolute atomic E-state index is 0.0537. The molecule has 0 aliphatic carbocycles. The quantitative estimate of drug-likeness (QED) is 0.577. The zero-order valence-corrected chi connectivity index (χ0v) is 20.1. The molecule has 5 rings (SSSR count). The smallest absolute Gasteiger partial charge is 0.329 e. The molecule has 0 bridgehead atoms. The maximum absolute atomic E-state index is 13.3. The number of hydrogen-bond donors (Lipinski definition) is 1. The molecule has 0 radical (unpaired) electrons. The van der Waals surface area contributed by atoms with Crippen molar-refractivity contribution in [2.24, 2.45) is 16.9 Å². The first-order valence-corrected chi connectivity index (χ1v) is 12.0. The van der Waals surface area contributed by atoms with E-state index in [-0.39, 0.29) is 17.7 Å². The highest BCUT2D eigenvalue weighted by Crippen LogP contribution is 2.34. The third-order valence-electron chi connectivity index (χ3n) is 6.94. The number of aromatic nitrogens is 3. The van der Waals surface area contributed by atoms with Crippen LogP contribution in [-0.2, 0) is 0 Å². The molecule has 1 amide bonds. The Morgan fingerprint density at radius 2 is 1.89 bits per heavy atom. The van der Waals surface area contributed by atoms with Gasteiger partial charge in [0.1, 0.15) is 11.7 Å². The highest BCUT2D eigenvalue weighted by molar-refractivity contribution is 6.01. The van der Waals surface area contributed by atoms with E-state index in [1.54, 1.807) is 23.0 Å². The maximum Gasteiger partial charge on any atom is 0.401 e. The van der Waals surface area contributed by atoms with Crippen molar-refractivity contribution in [2.75, 3.05) is 24.6 Å². The predicted molar refractivity (Wildman–Crippen MR) is 130 cm³/mol. The van der Waals surface area contributed by atoms with Gasteiger partial charge in [-0.15, -0.1) is 0 Å². The average molecular weight is 500 g/mol. The Hall–Kier alpha value is -3.47. The monoisotopic (exact) mass is 499 g/mol. The van der Waals surface area contributed by atoms with Crippen molar-refractivity contribution in [2.45, 2.75) is 39.0 Å². The summed E-state index contributed by atoms with van der Waals surface area (Å²) in [5.74, 6) is -0.392. The summed E-state index contributed by atoms with van der Waals surface area (Å²) in [6.45, 7) is 3.85. The predicted octanol–water partition coefficient (Wildman–Crippen LogP) is 3.88. The zero-order valence-electron chi connectivity index (χ0n) is 20.1. The van der Waals surface area contributed by atoms with Crippen molar-refractivity contribution in [1.82, 2.24) is 24.8 Å². The van der Waals surface area contributed by atoms with Crippen LogP contribution in [-0.4, -0.2) is 63.1 Å². The number of hydrogen-bond acceptors (Lipinski definition) is 6. The molecule has 2 aliphatic heterocycles. The summed E-state index contributed by atoms with van der Waals surface area (Å²) in [5, 5.41) is 14.1. The van der Waals surface area contributed by atoms with E-state index in [0.717, 1.165) is 17.0 Å². The number of carbonyl (C=O) groups is 1. The molecule has 11 heteroatoms. The molecule has 1 fully saturated rings. The van der Waals surface area contributed by atoms with Crippen molar-refractivity contribution >= 4 is 23.0 Å². The van der Waals surface area contributed by atoms with E-state index in [0.29, 0.717) is 37.1 Å². The van der Waals surface area contributed by atoms with Crippen LogP contribution in [0.5, 0.6) is 0 Å². The van der Waals surface area contributed by atoms with E-state index in [1.165, 1.54) is 11.1 Å². The second kappa shape index (κ2) is 9.53. The van der Waals surface area contributed by atoms with Gasteiger partial charge in [0.05, 0.1) is 18.4 Å². The number of benzene rings is 1. The van der Waals surface area contributed by atoms with Crippen LogP contribution in [0.15, 0.2) is 54.0 Å². The van der Waals surface area contributed by atoms with E-state index in [1.807, 2.05) is 43.1 Å². The maximum atomic E-state index is 13.3. The van der Waals surface area contributed by atoms with E-state index >= 15 is 0 Å². The number of likely N-dealkylation sites (tertiary alicyclic amines) is 1. The largest absolute Gasteiger partial charge is 0.401 e. The molecule has 8 nitrogen and oxygen atoms in total. The van der Waals surface area contributed by atoms with Crippen LogP contribution in [0, 0.1) is 18.8 Å². The van der Waals surface area contributed by atoms with E-state index < -0.39 is 18.9 Å². The van der Waals surface area contributed by atoms with Gasteiger partial charge in [0.15, 0.2) is 5.65 Å². The molecule has 0 spiro atoms. The lowest BCUT2D eigenvalue weighted by Crippen LogP contribution is -2.48. The second-order valence-electron chi connectivity index (χ2n) is 9.52. The molecule has 1 saturated heterocycles. The van der Waals surface area contributed by atoms with Crippen LogP contribution in [0.25, 0.3) is 5.65 Å². The summed E-state index contributed by atoms with van der Waals surface area (Å²) >= 11 is 0. The van der Waals surface area contributed by atoms with Gasteiger partial charge >= 0.3 is 6.18 Å². The second-order valence-corrected chi connectivity index (χ2v) is 9.52. The molecule has 4 heterocycles. The number of piperidine rings is 1. The van der Waals surface area contributed by atoms with Gasteiger partial charge in [-0.05, 0) is 51.1 Å². The third kappa shape index (κ3) is 4.92. The number of nitrogens with one attached hydrogen (secondary N) is 1. The van der Waals surface area contributed by atoms with Gasteiger partial charge in [-0.1, -0.05) is 24.6 Å². The molecule has 1 N–H and O–H groups in total. The minimum atomic E-state index is -4.20. The van der Waals surface area contributed by atoms with Crippen LogP contribution in [0.1, 0.15) is 35.7 Å². The fourth-order valence-corrected chi connectivity index (χ4v) is 5.05. The molecule has 2 atom stereocenters. The number of fused-ring (bicyclic) bond motifs is 1. The molecular weight excluding hydrogens is 471 g/mol. The normalized spacial score (nSPS) is 21.7. The van der Waals surface area contributed by atoms with Crippen molar-refractivity contribution < 1.29 is 18.0 Å². The lowest BCUT2D eigenvalue weighted by molar-refractivity contribution is -0.148. The first-order chi connectivity index (χ1) is 17.2. The van der Waals surface area contributed by atoms with Crippen molar-refractivity contribution in [3.05, 3.63) is 60.0 Å². The Bertz CT molecular complexity index is 1260. The van der Waals surface area contributed by atoms with Crippen molar-refractivity contribution in [1.29, 1.82) is 0 Å². The SMILES string of the molecule is Cc1ccc(N2N=C(C3CCN(CC(F)(F)F)CC3)C(C)C2NC(=O)c2cnn3cccnc23)cc1. The highest BCUT2D eigenvalue weighted by atomic mass is 19.4. The molecule has 2 aliphatic rings. The molecule has 2 unspecified atom stereocenters. The van der Waals surface area contributed by atoms with Crippen LogP contribution in [0.2, 0.25) is 0 Å². The van der Waals surface area contributed by atoms with Gasteiger partial charge < -0.3 is 5.32 Å². The van der Waals surface area contributed by atoms with Crippen molar-refractivity contribution in [3.8, 4) is 0 Å². The number of amides is 1. The van der Waals surface area contributed by atoms with E-state index in [4.69, 9.17) is 5.10 Å². The summed E-state index contributed by atoms with van der Waals surface area (Å²) < 4.78 is 40.0. The third-order valence-corrected chi connectivity index (χ3v) is 6.94. The van der Waals surface area contributed by atoms with E-state index in [9.17, 15) is 18.0 Å². The van der Waals surface area contributed by atoms with Gasteiger partial charge in [0.2, 0.25) is 0 Å². The first-order valence-electron chi connectivity index (χ1n) is 12.0. The van der Waals surface area contributed by atoms with Crippen molar-refractivity contribution in [3.63, 3.8) is 0 Å². The number of alkyl halides is 3. The number of rotatable bonds is 5. The van der Waals surface area contributed by atoms with Gasteiger partial charge in [-0.25, -0.2) is 14.5 Å². The van der Waals surface area contributed by atoms with Gasteiger partial charge in [0.25, 0.3) is 5.91 Å². The van der Waals surface area contributed by atoms with E-state index in [2.05, 4.69) is 15.4 Å². The lowest BCUT2D eigenvalue weighted by Gasteiger charge is -2.33. The van der Waals surface area contributed by atoms with Gasteiger partial charge in [-0.2, -0.15) is 23.4 Å². The number of anilines is 1. The number of hydrazone groups is 1. The van der Waals surface area contributed by atoms with Crippen LogP contribution >= 0.6 is 0 Å². The summed E-state index contributed by atoms with van der Waals surface area (Å²) in [7, 11) is 0. The molecule has 0 saturated carbocycles. The molecule has 1 aromatic carbocycles. The Morgan fingerprint density at radius 3 is 2.58 bits per heavy atom. The topological polar surface area (TPSA) is 78.1 Å². The standard InChI is InChI=1S/C25H28F3N7O/c1-16-4-6-19(7-5-16)35-22(31-24(36)20-14-30-34-11-3-10-29-23(20)34)17(2)21(32-35)18-8-12-33(13-9-18)15-25(26,27)28/h3-7,10-11,14,17-18,22H,8-9,12-13,15H2,1-2H3,(H,31,36). The summed E-state index contributed by atoms with van der Waals surface area (Å²) in [5.41, 5.74) is 3.66. The molecule has 3 aromatic rings. The fourth-order valence-electron chi connectivity index (χ4n) is 5.05. The number of halogens is 3. The average Bonchev–Trinajstić information content (AvgIpc) is 3.41. The zero-order chi connectivity index (χ0) is 25.4. The van der Waals surface area contributed by atoms with Gasteiger partial charge in [-0.3, -0.25) is 9.69 Å². The highest BCUT2D eigenvalue weighted by Gasteiger charge is 2.41. The van der Waals surface area contributed by atoms with Gasteiger partial charge in [0, 0.05) is 29.9 Å². The van der Waals surface area contributed by atoms with Crippen LogP contribution in [0.3, 0.4) is 0 Å². The minimum Gasteiger partial charge on any atom is -0.329 e. The van der Waals surface area contributed by atoms with Crippen LogP contribution in [0.4, 0.5) is 18.9 Å². The van der Waals surface area contributed by atoms with Crippen LogP contribution < -0.4 is 10.3 Å². The molecule has 36 heavy (non-hydrogen) atoms. The molecular formula is C25H28F3N7O. The Balaban J connectivity index is 1.38. The first kappa shape index (κ1) is 24.2. The number of carbonyl (C=O) groups excluding carboxylic acids is 1. The fraction of sp³-hybridized carbons (Fsp3) is 0.440. The Kier molecular flexibility index (Phi) is 6.42. The Morgan fingerprint density at radius 1 is 1.17 bits per heavy atom.